The molecule has 0 radical (unpaired) electrons. The molecule has 5 nitrogen and oxygen atoms in total. The highest BCUT2D eigenvalue weighted by Gasteiger charge is 2.10. The highest BCUT2D eigenvalue weighted by Crippen LogP contribution is 2.11. The normalized spacial score (nSPS) is 10.4. The quantitative estimate of drug-likeness (QED) is 0.539. The Bertz CT molecular complexity index is 350. The number of nitrogens with one attached hydrogen (secondary N) is 1. The van der Waals surface area contributed by atoms with Gasteiger partial charge in [-0.1, -0.05) is 12.1 Å². The molecule has 4 N–H and O–H groups in total. The molecule has 0 aliphatic heterocycles. The molecule has 0 aliphatic rings. The molecule has 1 aromatic carbocycles. The van der Waals surface area contributed by atoms with Crippen LogP contribution in [-0.4, -0.2) is 40.5 Å². The van der Waals surface area contributed by atoms with Gasteiger partial charge in [-0.2, -0.15) is 0 Å². The Kier molecular flexibility index (Phi) is 4.75. The number of benzene rings is 1. The number of hydrogen-bond donors (Lipinski definition) is 4. The lowest BCUT2D eigenvalue weighted by atomic mass is 10.1. The van der Waals surface area contributed by atoms with Gasteiger partial charge < -0.3 is 20.6 Å². The smallest absolute Gasteiger partial charge is 0.224 e. The van der Waals surface area contributed by atoms with E-state index in [0.29, 0.717) is 5.56 Å². The van der Waals surface area contributed by atoms with Gasteiger partial charge in [-0.3, -0.25) is 4.79 Å². The standard InChI is InChI=1S/C11H15NO4/c13-6-9(7-14)12-11(16)5-8-2-1-3-10(15)4-8/h1-4,9,13-15H,5-7H2,(H,12,16). The summed E-state index contributed by atoms with van der Waals surface area (Å²) in [6.07, 6.45) is 0.102. The molecule has 0 atom stereocenters. The lowest BCUT2D eigenvalue weighted by Gasteiger charge is -2.13. The van der Waals surface area contributed by atoms with Crippen LogP contribution in [0.15, 0.2) is 24.3 Å². The lowest BCUT2D eigenvalue weighted by molar-refractivity contribution is -0.121. The molecule has 0 fully saturated rings. The molecule has 0 saturated heterocycles. The summed E-state index contributed by atoms with van der Waals surface area (Å²) in [5.74, 6) is -0.204. The highest BCUT2D eigenvalue weighted by molar-refractivity contribution is 5.79. The summed E-state index contributed by atoms with van der Waals surface area (Å²) in [7, 11) is 0. The Balaban J connectivity index is 2.51. The van der Waals surface area contributed by atoms with Crippen molar-refractivity contribution in [2.24, 2.45) is 0 Å². The van der Waals surface area contributed by atoms with Crippen LogP contribution in [0.3, 0.4) is 0 Å². The van der Waals surface area contributed by atoms with Gasteiger partial charge in [-0.05, 0) is 17.7 Å². The van der Waals surface area contributed by atoms with E-state index in [2.05, 4.69) is 5.32 Å². The Hall–Kier alpha value is -1.59. The SMILES string of the molecule is O=C(Cc1cccc(O)c1)NC(CO)CO. The third-order valence-corrected chi connectivity index (χ3v) is 2.08. The fourth-order valence-electron chi connectivity index (χ4n) is 1.28. The summed E-state index contributed by atoms with van der Waals surface area (Å²) in [6.45, 7) is -0.607. The van der Waals surface area contributed by atoms with Crippen molar-refractivity contribution in [2.75, 3.05) is 13.2 Å². The molecule has 1 amide bonds. The molecule has 0 saturated carbocycles. The second-order valence-electron chi connectivity index (χ2n) is 3.48. The first kappa shape index (κ1) is 12.5. The van der Waals surface area contributed by atoms with Crippen molar-refractivity contribution in [1.29, 1.82) is 0 Å². The molecule has 16 heavy (non-hydrogen) atoms. The number of amides is 1. The van der Waals surface area contributed by atoms with Gasteiger partial charge in [-0.15, -0.1) is 0 Å². The van der Waals surface area contributed by atoms with Crippen LogP contribution in [0.1, 0.15) is 5.56 Å². The van der Waals surface area contributed by atoms with Crippen LogP contribution in [-0.2, 0) is 11.2 Å². The second-order valence-corrected chi connectivity index (χ2v) is 3.48. The average molecular weight is 225 g/mol. The van der Waals surface area contributed by atoms with Crippen molar-refractivity contribution in [3.8, 4) is 5.75 Å². The van der Waals surface area contributed by atoms with E-state index >= 15 is 0 Å². The molecule has 1 aromatic rings. The largest absolute Gasteiger partial charge is 0.508 e. The maximum Gasteiger partial charge on any atom is 0.224 e. The van der Waals surface area contributed by atoms with Crippen molar-refractivity contribution in [3.05, 3.63) is 29.8 Å². The number of rotatable bonds is 5. The summed E-state index contributed by atoms with van der Waals surface area (Å²) in [5.41, 5.74) is 0.673. The number of aliphatic hydroxyl groups excluding tert-OH is 2. The maximum atomic E-state index is 11.4. The van der Waals surface area contributed by atoms with Gasteiger partial charge in [0.05, 0.1) is 25.7 Å². The fraction of sp³-hybridized carbons (Fsp3) is 0.364. The molecular weight excluding hydrogens is 210 g/mol. The van der Waals surface area contributed by atoms with Crippen LogP contribution < -0.4 is 5.32 Å². The first-order valence-corrected chi connectivity index (χ1v) is 4.94. The molecule has 0 aromatic heterocycles. The maximum absolute atomic E-state index is 11.4. The van der Waals surface area contributed by atoms with Crippen LogP contribution in [0.4, 0.5) is 0 Å². The molecular formula is C11H15NO4. The van der Waals surface area contributed by atoms with Gasteiger partial charge in [0.25, 0.3) is 0 Å². The zero-order valence-corrected chi connectivity index (χ0v) is 8.76. The number of hydrogen-bond acceptors (Lipinski definition) is 4. The first-order chi connectivity index (χ1) is 7.65. The van der Waals surface area contributed by atoms with Gasteiger partial charge in [0.2, 0.25) is 5.91 Å². The van der Waals surface area contributed by atoms with E-state index in [-0.39, 0.29) is 31.3 Å². The second kappa shape index (κ2) is 6.09. The topological polar surface area (TPSA) is 89.8 Å². The molecule has 88 valence electrons. The fourth-order valence-corrected chi connectivity index (χ4v) is 1.28. The van der Waals surface area contributed by atoms with E-state index in [4.69, 9.17) is 10.2 Å². The minimum atomic E-state index is -0.634. The van der Waals surface area contributed by atoms with Gasteiger partial charge in [0.15, 0.2) is 0 Å². The monoisotopic (exact) mass is 225 g/mol. The zero-order chi connectivity index (χ0) is 12.0. The van der Waals surface area contributed by atoms with Gasteiger partial charge in [0.1, 0.15) is 5.75 Å². The Morgan fingerprint density at radius 3 is 2.56 bits per heavy atom. The predicted molar refractivity (Wildman–Crippen MR) is 57.9 cm³/mol. The Labute approximate surface area is 93.4 Å². The highest BCUT2D eigenvalue weighted by atomic mass is 16.3. The Morgan fingerprint density at radius 2 is 2.00 bits per heavy atom. The van der Waals surface area contributed by atoms with Gasteiger partial charge >= 0.3 is 0 Å². The van der Waals surface area contributed by atoms with E-state index in [9.17, 15) is 9.90 Å². The molecule has 1 rings (SSSR count). The van der Waals surface area contributed by atoms with Crippen molar-refractivity contribution in [1.82, 2.24) is 5.32 Å². The van der Waals surface area contributed by atoms with Crippen LogP contribution >= 0.6 is 0 Å². The van der Waals surface area contributed by atoms with Gasteiger partial charge in [-0.25, -0.2) is 0 Å². The number of carbonyl (C=O) groups excluding carboxylic acids is 1. The third-order valence-electron chi connectivity index (χ3n) is 2.08. The van der Waals surface area contributed by atoms with Crippen molar-refractivity contribution in [3.63, 3.8) is 0 Å². The first-order valence-electron chi connectivity index (χ1n) is 4.94. The van der Waals surface area contributed by atoms with Crippen molar-refractivity contribution in [2.45, 2.75) is 12.5 Å². The summed E-state index contributed by atoms with van der Waals surface area (Å²) in [6, 6.07) is 5.74. The van der Waals surface area contributed by atoms with Crippen molar-refractivity contribution < 1.29 is 20.1 Å². The predicted octanol–water partition coefficient (Wildman–Crippen LogP) is -0.596. The third kappa shape index (κ3) is 3.88. The Morgan fingerprint density at radius 1 is 1.31 bits per heavy atom. The molecule has 5 heteroatoms. The number of phenolic OH excluding ortho intramolecular Hbond substituents is 1. The van der Waals surface area contributed by atoms with Gasteiger partial charge in [0, 0.05) is 0 Å². The molecule has 0 aliphatic carbocycles. The van der Waals surface area contributed by atoms with E-state index in [1.165, 1.54) is 12.1 Å². The van der Waals surface area contributed by atoms with E-state index in [1.807, 2.05) is 0 Å². The molecule has 0 unspecified atom stereocenters. The van der Waals surface area contributed by atoms with Crippen LogP contribution in [0, 0.1) is 0 Å². The summed E-state index contributed by atoms with van der Waals surface area (Å²) < 4.78 is 0. The summed E-state index contributed by atoms with van der Waals surface area (Å²) >= 11 is 0. The number of aliphatic hydroxyl groups is 2. The minimum absolute atomic E-state index is 0.102. The number of phenols is 1. The zero-order valence-electron chi connectivity index (χ0n) is 8.76. The van der Waals surface area contributed by atoms with Crippen LogP contribution in [0.5, 0.6) is 5.75 Å². The molecule has 0 spiro atoms. The van der Waals surface area contributed by atoms with Crippen LogP contribution in [0.25, 0.3) is 0 Å². The molecule has 0 heterocycles. The summed E-state index contributed by atoms with van der Waals surface area (Å²) in [4.78, 5) is 11.4. The average Bonchev–Trinajstić information content (AvgIpc) is 2.26. The number of carbonyl (C=O) groups is 1. The summed E-state index contributed by atoms with van der Waals surface area (Å²) in [5, 5.41) is 29.2. The van der Waals surface area contributed by atoms with Crippen LogP contribution in [0.2, 0.25) is 0 Å². The molecule has 0 bridgehead atoms. The number of aromatic hydroxyl groups is 1. The van der Waals surface area contributed by atoms with E-state index in [1.54, 1.807) is 12.1 Å². The lowest BCUT2D eigenvalue weighted by Crippen LogP contribution is -2.40. The minimum Gasteiger partial charge on any atom is -0.508 e. The van der Waals surface area contributed by atoms with Crippen molar-refractivity contribution >= 4 is 5.91 Å². The van der Waals surface area contributed by atoms with E-state index in [0.717, 1.165) is 0 Å². The van der Waals surface area contributed by atoms with E-state index < -0.39 is 6.04 Å².